The molecule has 210 valence electrons. The van der Waals surface area contributed by atoms with Gasteiger partial charge in [-0.25, -0.2) is 18.6 Å². The molecule has 3 aliphatic rings. The number of likely N-dealkylation sites (tertiary alicyclic amines) is 1. The Kier molecular flexibility index (Phi) is 5.66. The van der Waals surface area contributed by atoms with Crippen LogP contribution in [0.1, 0.15) is 40.5 Å². The number of rotatable bonds is 4. The fraction of sp³-hybridized carbons (Fsp3) is 0.333. The van der Waals surface area contributed by atoms with Crippen molar-refractivity contribution in [1.82, 2.24) is 19.5 Å². The number of carboxylic acids is 1. The van der Waals surface area contributed by atoms with Crippen molar-refractivity contribution in [3.05, 3.63) is 75.0 Å². The third-order valence-electron chi connectivity index (χ3n) is 8.95. The Labute approximate surface area is 233 Å². The van der Waals surface area contributed by atoms with Gasteiger partial charge in [0.1, 0.15) is 5.56 Å². The van der Waals surface area contributed by atoms with Gasteiger partial charge < -0.3 is 20.7 Å². The highest BCUT2D eigenvalue weighted by molar-refractivity contribution is 5.98. The maximum Gasteiger partial charge on any atom is 0.341 e. The van der Waals surface area contributed by atoms with Crippen molar-refractivity contribution in [2.75, 3.05) is 37.4 Å². The molecule has 0 saturated carbocycles. The fourth-order valence-corrected chi connectivity index (χ4v) is 7.09. The van der Waals surface area contributed by atoms with Gasteiger partial charge in [-0.1, -0.05) is 6.92 Å². The zero-order valence-corrected chi connectivity index (χ0v) is 22.6. The minimum atomic E-state index is -1.39. The number of aryl methyl sites for hydroxylation is 1. The lowest BCUT2D eigenvalue weighted by atomic mass is 9.94. The van der Waals surface area contributed by atoms with Crippen LogP contribution in [0.15, 0.2) is 35.5 Å². The molecule has 2 atom stereocenters. The van der Waals surface area contributed by atoms with Gasteiger partial charge in [0.25, 0.3) is 0 Å². The molecule has 5 heterocycles. The summed E-state index contributed by atoms with van der Waals surface area (Å²) >= 11 is 0. The molecule has 9 nitrogen and oxygen atoms in total. The van der Waals surface area contributed by atoms with Crippen LogP contribution in [0, 0.1) is 17.6 Å². The molecule has 1 aromatic carbocycles. The van der Waals surface area contributed by atoms with Gasteiger partial charge in [-0.3, -0.25) is 14.5 Å². The molecule has 41 heavy (non-hydrogen) atoms. The zero-order chi connectivity index (χ0) is 28.7. The SMILES string of the molecule is CCc1cc(F)c(F)c2c1Cc1ncc(-c3cnc4c(c3)c(=O)c(C(=O)O)cn4N)c(N3CC[C@H]4CN(C)CC43)c1-2. The summed E-state index contributed by atoms with van der Waals surface area (Å²) in [6.45, 7) is 4.44. The Morgan fingerprint density at radius 1 is 1.17 bits per heavy atom. The number of nitrogens with two attached hydrogens (primary N) is 1. The molecule has 0 amide bonds. The second-order valence-corrected chi connectivity index (χ2v) is 11.3. The van der Waals surface area contributed by atoms with Crippen molar-refractivity contribution in [1.29, 1.82) is 0 Å². The second-order valence-electron chi connectivity index (χ2n) is 11.3. The zero-order valence-electron chi connectivity index (χ0n) is 22.6. The summed E-state index contributed by atoms with van der Waals surface area (Å²) in [4.78, 5) is 38.6. The lowest BCUT2D eigenvalue weighted by Crippen LogP contribution is -2.35. The van der Waals surface area contributed by atoms with E-state index in [0.717, 1.165) is 53.7 Å². The van der Waals surface area contributed by atoms with Crippen molar-refractivity contribution >= 4 is 22.7 Å². The molecule has 0 radical (unpaired) electrons. The van der Waals surface area contributed by atoms with Crippen LogP contribution < -0.4 is 16.2 Å². The number of nitrogen functional groups attached to an aromatic ring is 1. The van der Waals surface area contributed by atoms with Crippen LogP contribution in [-0.4, -0.2) is 63.3 Å². The summed E-state index contributed by atoms with van der Waals surface area (Å²) in [5, 5.41) is 9.59. The average Bonchev–Trinajstić information content (AvgIpc) is 3.64. The Morgan fingerprint density at radius 2 is 1.98 bits per heavy atom. The lowest BCUT2D eigenvalue weighted by molar-refractivity contribution is 0.0695. The smallest absolute Gasteiger partial charge is 0.341 e. The number of hydrogen-bond acceptors (Lipinski definition) is 7. The molecule has 11 heteroatoms. The van der Waals surface area contributed by atoms with E-state index in [0.29, 0.717) is 41.1 Å². The van der Waals surface area contributed by atoms with Crippen LogP contribution in [0.5, 0.6) is 0 Å². The van der Waals surface area contributed by atoms with Crippen LogP contribution >= 0.6 is 0 Å². The van der Waals surface area contributed by atoms with Gasteiger partial charge in [-0.2, -0.15) is 0 Å². The number of pyridine rings is 3. The molecule has 0 bridgehead atoms. The second kappa shape index (κ2) is 9.07. The Morgan fingerprint density at radius 3 is 2.73 bits per heavy atom. The largest absolute Gasteiger partial charge is 0.477 e. The van der Waals surface area contributed by atoms with E-state index in [1.54, 1.807) is 18.5 Å². The number of anilines is 1. The minimum absolute atomic E-state index is 0.0436. The molecule has 2 aliphatic heterocycles. The fourth-order valence-electron chi connectivity index (χ4n) is 7.09. The molecule has 3 N–H and O–H groups in total. The molecule has 1 aliphatic carbocycles. The van der Waals surface area contributed by atoms with Gasteiger partial charge in [-0.15, -0.1) is 0 Å². The van der Waals surface area contributed by atoms with Crippen LogP contribution in [0.2, 0.25) is 0 Å². The normalized spacial score (nSPS) is 19.6. The summed E-state index contributed by atoms with van der Waals surface area (Å²) in [5.41, 5.74) is 3.84. The number of aromatic carboxylic acids is 1. The van der Waals surface area contributed by atoms with Gasteiger partial charge in [0.2, 0.25) is 5.43 Å². The first-order valence-electron chi connectivity index (χ1n) is 13.7. The van der Waals surface area contributed by atoms with Crippen LogP contribution in [0.25, 0.3) is 33.3 Å². The number of benzene rings is 1. The third kappa shape index (κ3) is 3.68. The van der Waals surface area contributed by atoms with Crippen molar-refractivity contribution in [2.45, 2.75) is 32.2 Å². The first-order valence-corrected chi connectivity index (χ1v) is 13.7. The number of aromatic nitrogens is 3. The van der Waals surface area contributed by atoms with Gasteiger partial charge in [0.05, 0.1) is 16.8 Å². The first kappa shape index (κ1) is 25.6. The summed E-state index contributed by atoms with van der Waals surface area (Å²) in [6.07, 6.45) is 6.22. The number of nitrogens with zero attached hydrogens (tertiary/aromatic N) is 5. The maximum absolute atomic E-state index is 15.7. The number of carboxylic acid groups (broad SMARTS) is 1. The minimum Gasteiger partial charge on any atom is -0.477 e. The topological polar surface area (TPSA) is 118 Å². The highest BCUT2D eigenvalue weighted by Gasteiger charge is 2.43. The number of likely N-dealkylation sites (N-methyl/N-ethyl adjacent to an activating group) is 1. The van der Waals surface area contributed by atoms with Crippen molar-refractivity contribution in [3.8, 4) is 22.3 Å². The summed E-state index contributed by atoms with van der Waals surface area (Å²) in [6, 6.07) is 3.02. The predicted molar refractivity (Wildman–Crippen MR) is 151 cm³/mol. The van der Waals surface area contributed by atoms with Crippen LogP contribution in [0.3, 0.4) is 0 Å². The van der Waals surface area contributed by atoms with Gasteiger partial charge in [0.15, 0.2) is 17.3 Å². The van der Waals surface area contributed by atoms with E-state index in [-0.39, 0.29) is 22.6 Å². The molecule has 3 aromatic heterocycles. The van der Waals surface area contributed by atoms with E-state index in [2.05, 4.69) is 21.8 Å². The molecule has 0 spiro atoms. The summed E-state index contributed by atoms with van der Waals surface area (Å²) < 4.78 is 31.7. The Balaban J connectivity index is 1.52. The highest BCUT2D eigenvalue weighted by Crippen LogP contribution is 2.51. The number of carbonyl (C=O) groups is 1. The van der Waals surface area contributed by atoms with Crippen molar-refractivity contribution < 1.29 is 18.7 Å². The summed E-state index contributed by atoms with van der Waals surface area (Å²) in [5.74, 6) is 3.25. The van der Waals surface area contributed by atoms with Gasteiger partial charge >= 0.3 is 5.97 Å². The van der Waals surface area contributed by atoms with Crippen LogP contribution in [-0.2, 0) is 12.8 Å². The average molecular weight is 559 g/mol. The molecular formula is C30H28F2N6O3. The maximum atomic E-state index is 15.7. The monoisotopic (exact) mass is 558 g/mol. The number of halogens is 2. The van der Waals surface area contributed by atoms with E-state index in [9.17, 15) is 19.1 Å². The standard InChI is InChI=1S/C30H28F2N6O3/c1-3-14-7-21(31)26(32)24-17(14)8-22-25(24)27(37-5-4-15-11-36(2)13-23(15)37)19(10-34-22)16-6-18-28(39)20(30(40)41)12-38(33)29(18)35-9-16/h6-7,9-10,12,15,23H,3-5,8,11,13,33H2,1-2H3,(H,40,41)/t15-,23?/m0/s1. The molecule has 2 saturated heterocycles. The van der Waals surface area contributed by atoms with E-state index >= 15 is 4.39 Å². The Hall–Kier alpha value is -4.38. The lowest BCUT2D eigenvalue weighted by Gasteiger charge is -2.31. The van der Waals surface area contributed by atoms with Crippen LogP contribution in [0.4, 0.5) is 14.5 Å². The Bertz CT molecular complexity index is 1860. The summed E-state index contributed by atoms with van der Waals surface area (Å²) in [7, 11) is 2.08. The highest BCUT2D eigenvalue weighted by atomic mass is 19.2. The van der Waals surface area contributed by atoms with E-state index < -0.39 is 28.6 Å². The molecular weight excluding hydrogens is 530 g/mol. The first-order chi connectivity index (χ1) is 19.7. The molecule has 1 unspecified atom stereocenters. The van der Waals surface area contributed by atoms with E-state index in [1.165, 1.54) is 6.07 Å². The van der Waals surface area contributed by atoms with Crippen molar-refractivity contribution in [3.63, 3.8) is 0 Å². The third-order valence-corrected chi connectivity index (χ3v) is 8.95. The quantitative estimate of drug-likeness (QED) is 0.322. The molecule has 2 fully saturated rings. The van der Waals surface area contributed by atoms with Gasteiger partial charge in [-0.05, 0) is 49.1 Å². The van der Waals surface area contributed by atoms with E-state index in [4.69, 9.17) is 10.8 Å². The number of fused-ring (bicyclic) bond motifs is 5. The number of hydrogen-bond donors (Lipinski definition) is 2. The molecule has 4 aromatic rings. The van der Waals surface area contributed by atoms with E-state index in [1.807, 2.05) is 6.92 Å². The van der Waals surface area contributed by atoms with Gasteiger partial charge in [0, 0.05) is 72.9 Å². The predicted octanol–water partition coefficient (Wildman–Crippen LogP) is 3.42. The molecule has 7 rings (SSSR count). The van der Waals surface area contributed by atoms with Crippen molar-refractivity contribution in [2.24, 2.45) is 5.92 Å².